The average molecular weight is 519 g/mol. The molecule has 1 aliphatic heterocycles. The van der Waals surface area contributed by atoms with Crippen molar-refractivity contribution in [3.63, 3.8) is 0 Å². The summed E-state index contributed by atoms with van der Waals surface area (Å²) in [6.07, 6.45) is 1.86. The quantitative estimate of drug-likeness (QED) is 0.339. The van der Waals surface area contributed by atoms with Crippen molar-refractivity contribution in [2.45, 2.75) is 65.1 Å². The number of hydrogen-bond acceptors (Lipinski definition) is 4. The predicted molar refractivity (Wildman–Crippen MR) is 150 cm³/mol. The SMILES string of the molecule is Cc1ccsc1CN(Cc1ccccc1)C(=O)CN(CC1CCCO1)C(=O)c1ccc(C(C)(C)C)cc1. The zero-order valence-corrected chi connectivity index (χ0v) is 23.2. The van der Waals surface area contributed by atoms with Gasteiger partial charge in [0.25, 0.3) is 5.91 Å². The summed E-state index contributed by atoms with van der Waals surface area (Å²) in [6, 6.07) is 19.9. The van der Waals surface area contributed by atoms with Crippen LogP contribution in [0.25, 0.3) is 0 Å². The minimum Gasteiger partial charge on any atom is -0.376 e. The smallest absolute Gasteiger partial charge is 0.254 e. The minimum atomic E-state index is -0.128. The zero-order chi connectivity index (χ0) is 26.4. The molecule has 0 bridgehead atoms. The second-order valence-corrected chi connectivity index (χ2v) is 11.9. The Bertz CT molecular complexity index is 1180. The lowest BCUT2D eigenvalue weighted by Crippen LogP contribution is -2.45. The number of aryl methyl sites for hydroxylation is 1. The lowest BCUT2D eigenvalue weighted by Gasteiger charge is -2.29. The standard InChI is InChI=1S/C31H38N2O3S/c1-23-16-18-37-28(23)21-32(19-24-9-6-5-7-10-24)29(34)22-33(20-27-11-8-17-36-27)30(35)25-12-14-26(15-13-25)31(2,3)4/h5-7,9-10,12-16,18,27H,8,11,17,19-22H2,1-4H3. The molecule has 1 saturated heterocycles. The highest BCUT2D eigenvalue weighted by Crippen LogP contribution is 2.24. The number of hydrogen-bond donors (Lipinski definition) is 0. The maximum absolute atomic E-state index is 13.8. The molecule has 1 unspecified atom stereocenters. The van der Waals surface area contributed by atoms with Crippen molar-refractivity contribution in [3.8, 4) is 0 Å². The lowest BCUT2D eigenvalue weighted by atomic mass is 9.86. The molecule has 6 heteroatoms. The molecule has 4 rings (SSSR count). The number of nitrogens with zero attached hydrogens (tertiary/aromatic N) is 2. The molecule has 0 aliphatic carbocycles. The van der Waals surface area contributed by atoms with E-state index in [1.807, 2.05) is 59.5 Å². The Morgan fingerprint density at radius 2 is 1.70 bits per heavy atom. The van der Waals surface area contributed by atoms with Gasteiger partial charge >= 0.3 is 0 Å². The second kappa shape index (κ2) is 12.1. The van der Waals surface area contributed by atoms with Crippen molar-refractivity contribution < 1.29 is 14.3 Å². The van der Waals surface area contributed by atoms with Gasteiger partial charge in [-0.15, -0.1) is 11.3 Å². The van der Waals surface area contributed by atoms with Crippen LogP contribution in [-0.2, 0) is 28.0 Å². The highest BCUT2D eigenvalue weighted by Gasteiger charge is 2.28. The van der Waals surface area contributed by atoms with Gasteiger partial charge in [-0.3, -0.25) is 9.59 Å². The number of carbonyl (C=O) groups excluding carboxylic acids is 2. The van der Waals surface area contributed by atoms with E-state index in [4.69, 9.17) is 4.74 Å². The van der Waals surface area contributed by atoms with Crippen molar-refractivity contribution in [1.82, 2.24) is 9.80 Å². The van der Waals surface area contributed by atoms with Crippen molar-refractivity contribution >= 4 is 23.2 Å². The Morgan fingerprint density at radius 1 is 0.973 bits per heavy atom. The van der Waals surface area contributed by atoms with Crippen molar-refractivity contribution in [2.24, 2.45) is 0 Å². The van der Waals surface area contributed by atoms with Crippen LogP contribution in [0.4, 0.5) is 0 Å². The summed E-state index contributed by atoms with van der Waals surface area (Å²) >= 11 is 1.66. The van der Waals surface area contributed by atoms with E-state index in [0.717, 1.165) is 18.4 Å². The van der Waals surface area contributed by atoms with Crippen LogP contribution < -0.4 is 0 Å². The van der Waals surface area contributed by atoms with Gasteiger partial charge in [-0.2, -0.15) is 0 Å². The third-order valence-corrected chi connectivity index (χ3v) is 7.94. The summed E-state index contributed by atoms with van der Waals surface area (Å²) in [7, 11) is 0. The van der Waals surface area contributed by atoms with Gasteiger partial charge in [-0.25, -0.2) is 0 Å². The molecule has 0 radical (unpaired) electrons. The second-order valence-electron chi connectivity index (χ2n) is 10.9. The Kier molecular flexibility index (Phi) is 8.83. The first-order chi connectivity index (χ1) is 17.7. The third kappa shape index (κ3) is 7.30. The molecule has 37 heavy (non-hydrogen) atoms. The van der Waals surface area contributed by atoms with E-state index in [1.165, 1.54) is 16.0 Å². The van der Waals surface area contributed by atoms with Gasteiger partial charge in [0.2, 0.25) is 5.91 Å². The summed E-state index contributed by atoms with van der Waals surface area (Å²) < 4.78 is 5.85. The Labute approximate surface area is 225 Å². The van der Waals surface area contributed by atoms with Crippen LogP contribution in [0.15, 0.2) is 66.0 Å². The first kappa shape index (κ1) is 27.1. The molecule has 0 N–H and O–H groups in total. The molecule has 1 fully saturated rings. The average Bonchev–Trinajstić information content (AvgIpc) is 3.54. The first-order valence-corrected chi connectivity index (χ1v) is 13.9. The maximum atomic E-state index is 13.8. The van der Waals surface area contributed by atoms with Crippen LogP contribution in [0.2, 0.25) is 0 Å². The van der Waals surface area contributed by atoms with Crippen LogP contribution in [0.5, 0.6) is 0 Å². The third-order valence-electron chi connectivity index (χ3n) is 6.93. The first-order valence-electron chi connectivity index (χ1n) is 13.1. The Hall–Kier alpha value is -2.96. The van der Waals surface area contributed by atoms with Gasteiger partial charge in [0.05, 0.1) is 12.6 Å². The molecule has 0 saturated carbocycles. The molecule has 1 atom stereocenters. The van der Waals surface area contributed by atoms with Crippen LogP contribution in [0.3, 0.4) is 0 Å². The summed E-state index contributed by atoms with van der Waals surface area (Å²) in [6.45, 7) is 10.7. The molecule has 0 spiro atoms. The van der Waals surface area contributed by atoms with Gasteiger partial charge < -0.3 is 14.5 Å². The molecule has 1 aliphatic rings. The topological polar surface area (TPSA) is 49.9 Å². The summed E-state index contributed by atoms with van der Waals surface area (Å²) in [5.41, 5.74) is 4.03. The Morgan fingerprint density at radius 3 is 2.30 bits per heavy atom. The highest BCUT2D eigenvalue weighted by atomic mass is 32.1. The van der Waals surface area contributed by atoms with E-state index in [9.17, 15) is 9.59 Å². The highest BCUT2D eigenvalue weighted by molar-refractivity contribution is 7.10. The fourth-order valence-corrected chi connectivity index (χ4v) is 5.51. The number of benzene rings is 2. The number of carbonyl (C=O) groups is 2. The summed E-state index contributed by atoms with van der Waals surface area (Å²) in [5.74, 6) is -0.189. The van der Waals surface area contributed by atoms with Crippen LogP contribution in [-0.4, -0.2) is 47.4 Å². The van der Waals surface area contributed by atoms with E-state index >= 15 is 0 Å². The fraction of sp³-hybridized carbons (Fsp3) is 0.419. The molecule has 5 nitrogen and oxygen atoms in total. The number of rotatable bonds is 9. The van der Waals surface area contributed by atoms with Crippen LogP contribution in [0, 0.1) is 6.92 Å². The number of ether oxygens (including phenoxy) is 1. The van der Waals surface area contributed by atoms with E-state index in [1.54, 1.807) is 16.2 Å². The van der Waals surface area contributed by atoms with Crippen molar-refractivity contribution in [3.05, 3.63) is 93.2 Å². The molecule has 196 valence electrons. The molecule has 2 aromatic carbocycles. The zero-order valence-electron chi connectivity index (χ0n) is 22.4. The van der Waals surface area contributed by atoms with Crippen molar-refractivity contribution in [2.75, 3.05) is 19.7 Å². The Balaban J connectivity index is 1.56. The van der Waals surface area contributed by atoms with E-state index in [0.29, 0.717) is 31.8 Å². The van der Waals surface area contributed by atoms with Gasteiger partial charge in [-0.1, -0.05) is 63.2 Å². The summed E-state index contributed by atoms with van der Waals surface area (Å²) in [4.78, 5) is 32.2. The molecule has 3 aromatic rings. The molecular weight excluding hydrogens is 480 g/mol. The van der Waals surface area contributed by atoms with E-state index in [2.05, 4.69) is 39.1 Å². The van der Waals surface area contributed by atoms with Gasteiger partial charge in [0, 0.05) is 30.1 Å². The molecule has 2 amide bonds. The normalized spacial score (nSPS) is 15.5. The monoisotopic (exact) mass is 518 g/mol. The fourth-order valence-electron chi connectivity index (χ4n) is 4.59. The van der Waals surface area contributed by atoms with E-state index in [-0.39, 0.29) is 29.9 Å². The molecular formula is C31H38N2O3S. The predicted octanol–water partition coefficient (Wildman–Crippen LogP) is 6.20. The van der Waals surface area contributed by atoms with Crippen molar-refractivity contribution in [1.29, 1.82) is 0 Å². The maximum Gasteiger partial charge on any atom is 0.254 e. The van der Waals surface area contributed by atoms with Gasteiger partial charge in [0.15, 0.2) is 0 Å². The lowest BCUT2D eigenvalue weighted by molar-refractivity contribution is -0.133. The van der Waals surface area contributed by atoms with Gasteiger partial charge in [-0.05, 0) is 65.4 Å². The van der Waals surface area contributed by atoms with Crippen LogP contribution in [0.1, 0.15) is 65.5 Å². The van der Waals surface area contributed by atoms with E-state index < -0.39 is 0 Å². The van der Waals surface area contributed by atoms with Crippen LogP contribution >= 0.6 is 11.3 Å². The minimum absolute atomic E-state index is 0.00673. The summed E-state index contributed by atoms with van der Waals surface area (Å²) in [5, 5.41) is 2.06. The number of amides is 2. The largest absolute Gasteiger partial charge is 0.376 e. The number of thiophene rings is 1. The molecule has 1 aromatic heterocycles. The molecule has 2 heterocycles. The van der Waals surface area contributed by atoms with Gasteiger partial charge in [0.1, 0.15) is 6.54 Å².